The van der Waals surface area contributed by atoms with E-state index in [2.05, 4.69) is 0 Å². The molecule has 1 aromatic carbocycles. The topological polar surface area (TPSA) is 63.6 Å². The van der Waals surface area contributed by atoms with Gasteiger partial charge in [0.05, 0.1) is 6.61 Å². The molecular weight excluding hydrogens is 263 g/mol. The summed E-state index contributed by atoms with van der Waals surface area (Å²) < 4.78 is 18.0. The molecule has 4 nitrogen and oxygen atoms in total. The van der Waals surface area contributed by atoms with E-state index in [-0.39, 0.29) is 18.6 Å². The van der Waals surface area contributed by atoms with Crippen LogP contribution in [-0.2, 0) is 19.7 Å². The van der Waals surface area contributed by atoms with Crippen molar-refractivity contribution in [1.29, 1.82) is 0 Å². The van der Waals surface area contributed by atoms with Gasteiger partial charge in [0.25, 0.3) is 0 Å². The second-order valence-corrected chi connectivity index (χ2v) is 4.54. The van der Waals surface area contributed by atoms with Crippen LogP contribution in [0.2, 0.25) is 0 Å². The third kappa shape index (κ3) is 3.15. The maximum absolute atomic E-state index is 13.0. The van der Waals surface area contributed by atoms with Crippen LogP contribution >= 0.6 is 0 Å². The van der Waals surface area contributed by atoms with Crippen LogP contribution in [0.15, 0.2) is 24.3 Å². The third-order valence-electron chi connectivity index (χ3n) is 3.23. The smallest absolute Gasteiger partial charge is 0.328 e. The fourth-order valence-electron chi connectivity index (χ4n) is 2.11. The maximum atomic E-state index is 13.0. The van der Waals surface area contributed by atoms with Gasteiger partial charge >= 0.3 is 11.9 Å². The van der Waals surface area contributed by atoms with E-state index in [0.717, 1.165) is 18.6 Å². The van der Waals surface area contributed by atoms with Crippen LogP contribution in [0.1, 0.15) is 38.7 Å². The maximum Gasteiger partial charge on any atom is 0.328 e. The fourth-order valence-corrected chi connectivity index (χ4v) is 2.11. The molecule has 5 heteroatoms. The summed E-state index contributed by atoms with van der Waals surface area (Å²) in [6.45, 7) is 3.62. The molecule has 1 atom stereocenters. The number of aliphatic carboxylic acids is 1. The zero-order chi connectivity index (χ0) is 15.2. The van der Waals surface area contributed by atoms with E-state index in [1.165, 1.54) is 12.1 Å². The molecule has 0 amide bonds. The summed E-state index contributed by atoms with van der Waals surface area (Å²) in [7, 11) is 0. The van der Waals surface area contributed by atoms with Crippen molar-refractivity contribution < 1.29 is 23.8 Å². The molecular formula is C15H19FO4. The summed E-state index contributed by atoms with van der Waals surface area (Å²) in [5, 5.41) is 9.58. The van der Waals surface area contributed by atoms with Crippen LogP contribution in [0.4, 0.5) is 4.39 Å². The Morgan fingerprint density at radius 2 is 1.85 bits per heavy atom. The van der Waals surface area contributed by atoms with E-state index in [1.807, 2.05) is 6.92 Å². The highest BCUT2D eigenvalue weighted by Gasteiger charge is 2.48. The van der Waals surface area contributed by atoms with Crippen LogP contribution in [-0.4, -0.2) is 23.7 Å². The number of carbonyl (C=O) groups is 2. The van der Waals surface area contributed by atoms with Gasteiger partial charge in [0.1, 0.15) is 5.82 Å². The minimum absolute atomic E-state index is 0.0984. The molecule has 0 aromatic heterocycles. The Labute approximate surface area is 117 Å². The van der Waals surface area contributed by atoms with Gasteiger partial charge in [0.2, 0.25) is 0 Å². The van der Waals surface area contributed by atoms with Gasteiger partial charge in [-0.15, -0.1) is 0 Å². The molecule has 110 valence electrons. The van der Waals surface area contributed by atoms with E-state index < -0.39 is 23.2 Å². The van der Waals surface area contributed by atoms with Gasteiger partial charge in [-0.2, -0.15) is 0 Å². The van der Waals surface area contributed by atoms with Gasteiger partial charge in [-0.3, -0.25) is 9.59 Å². The Hall–Kier alpha value is -1.91. The lowest BCUT2D eigenvalue weighted by Crippen LogP contribution is -2.45. The first-order valence-electron chi connectivity index (χ1n) is 6.65. The number of carbonyl (C=O) groups excluding carboxylic acids is 1. The summed E-state index contributed by atoms with van der Waals surface area (Å²) in [6.07, 6.45) is 1.43. The molecule has 0 fully saturated rings. The number of unbranched alkanes of at least 4 members (excludes halogenated alkanes) is 1. The molecule has 0 saturated heterocycles. The second-order valence-electron chi connectivity index (χ2n) is 4.54. The highest BCUT2D eigenvalue weighted by Crippen LogP contribution is 2.32. The van der Waals surface area contributed by atoms with Gasteiger partial charge in [0.15, 0.2) is 5.41 Å². The Kier molecular flexibility index (Phi) is 5.67. The number of carboxylic acid groups (broad SMARTS) is 1. The quantitative estimate of drug-likeness (QED) is 0.617. The monoisotopic (exact) mass is 282 g/mol. The van der Waals surface area contributed by atoms with E-state index in [9.17, 15) is 19.1 Å². The zero-order valence-corrected chi connectivity index (χ0v) is 11.7. The molecule has 0 heterocycles. The summed E-state index contributed by atoms with van der Waals surface area (Å²) >= 11 is 0. The molecule has 0 bridgehead atoms. The van der Waals surface area contributed by atoms with Crippen LogP contribution in [0.5, 0.6) is 0 Å². The number of carboxylic acids is 1. The summed E-state index contributed by atoms with van der Waals surface area (Å²) in [5.41, 5.74) is -1.52. The predicted molar refractivity (Wildman–Crippen MR) is 71.9 cm³/mol. The van der Waals surface area contributed by atoms with E-state index in [0.29, 0.717) is 6.42 Å². The van der Waals surface area contributed by atoms with Crippen molar-refractivity contribution >= 4 is 11.9 Å². The van der Waals surface area contributed by atoms with Crippen LogP contribution in [0.3, 0.4) is 0 Å². The first-order chi connectivity index (χ1) is 9.48. The lowest BCUT2D eigenvalue weighted by atomic mass is 9.76. The van der Waals surface area contributed by atoms with Crippen molar-refractivity contribution in [3.05, 3.63) is 35.6 Å². The van der Waals surface area contributed by atoms with Crippen molar-refractivity contribution in [3.8, 4) is 0 Å². The number of benzene rings is 1. The first-order valence-corrected chi connectivity index (χ1v) is 6.65. The standard InChI is InChI=1S/C15H19FO4/c1-3-5-10-15(13(17)18,14(19)20-4-2)11-6-8-12(16)9-7-11/h6-9H,3-5,10H2,1-2H3,(H,17,18). The molecule has 0 aliphatic rings. The number of hydrogen-bond donors (Lipinski definition) is 1. The van der Waals surface area contributed by atoms with Gasteiger partial charge in [-0.1, -0.05) is 31.9 Å². The van der Waals surface area contributed by atoms with Gasteiger partial charge in [-0.25, -0.2) is 4.39 Å². The molecule has 0 aliphatic heterocycles. The van der Waals surface area contributed by atoms with Crippen LogP contribution in [0.25, 0.3) is 0 Å². The SMILES string of the molecule is CCCCC(C(=O)O)(C(=O)OCC)c1ccc(F)cc1. The molecule has 0 radical (unpaired) electrons. The number of esters is 1. The van der Waals surface area contributed by atoms with Crippen LogP contribution < -0.4 is 0 Å². The lowest BCUT2D eigenvalue weighted by Gasteiger charge is -2.27. The van der Waals surface area contributed by atoms with Crippen molar-refractivity contribution in [3.63, 3.8) is 0 Å². The molecule has 1 rings (SSSR count). The number of rotatable bonds is 7. The molecule has 1 aromatic rings. The first kappa shape index (κ1) is 16.1. The highest BCUT2D eigenvalue weighted by atomic mass is 19.1. The number of ether oxygens (including phenoxy) is 1. The summed E-state index contributed by atoms with van der Waals surface area (Å²) in [6, 6.07) is 4.96. The number of hydrogen-bond acceptors (Lipinski definition) is 3. The van der Waals surface area contributed by atoms with Crippen molar-refractivity contribution in [2.45, 2.75) is 38.5 Å². The Bertz CT molecular complexity index is 469. The zero-order valence-electron chi connectivity index (χ0n) is 11.7. The van der Waals surface area contributed by atoms with Gasteiger partial charge < -0.3 is 9.84 Å². The Morgan fingerprint density at radius 1 is 1.25 bits per heavy atom. The normalized spacial score (nSPS) is 13.6. The predicted octanol–water partition coefficient (Wildman–Crippen LogP) is 2.90. The lowest BCUT2D eigenvalue weighted by molar-refractivity contribution is -0.162. The molecule has 0 saturated carbocycles. The Morgan fingerprint density at radius 3 is 2.30 bits per heavy atom. The van der Waals surface area contributed by atoms with E-state index in [1.54, 1.807) is 6.92 Å². The minimum atomic E-state index is -1.76. The van der Waals surface area contributed by atoms with Crippen molar-refractivity contribution in [2.75, 3.05) is 6.61 Å². The fraction of sp³-hybridized carbons (Fsp3) is 0.467. The highest BCUT2D eigenvalue weighted by molar-refractivity contribution is 6.05. The molecule has 1 N–H and O–H groups in total. The van der Waals surface area contributed by atoms with Gasteiger partial charge in [0, 0.05) is 0 Å². The van der Waals surface area contributed by atoms with Crippen molar-refractivity contribution in [2.24, 2.45) is 0 Å². The molecule has 0 aliphatic carbocycles. The van der Waals surface area contributed by atoms with Crippen molar-refractivity contribution in [1.82, 2.24) is 0 Å². The largest absolute Gasteiger partial charge is 0.480 e. The van der Waals surface area contributed by atoms with Gasteiger partial charge in [-0.05, 0) is 31.0 Å². The molecule has 0 spiro atoms. The average Bonchev–Trinajstić information content (AvgIpc) is 2.41. The summed E-state index contributed by atoms with van der Waals surface area (Å²) in [4.78, 5) is 23.9. The number of halogens is 1. The second kappa shape index (κ2) is 7.03. The van der Waals surface area contributed by atoms with E-state index >= 15 is 0 Å². The summed E-state index contributed by atoms with van der Waals surface area (Å²) in [5.74, 6) is -2.55. The Balaban J connectivity index is 3.31. The molecule has 20 heavy (non-hydrogen) atoms. The molecule has 1 unspecified atom stereocenters. The third-order valence-corrected chi connectivity index (χ3v) is 3.23. The van der Waals surface area contributed by atoms with Crippen LogP contribution in [0, 0.1) is 5.82 Å². The minimum Gasteiger partial charge on any atom is -0.480 e. The average molecular weight is 282 g/mol. The van der Waals surface area contributed by atoms with E-state index in [4.69, 9.17) is 4.74 Å².